The van der Waals surface area contributed by atoms with E-state index in [1.165, 1.54) is 19.4 Å². The summed E-state index contributed by atoms with van der Waals surface area (Å²) in [5, 5.41) is 19.0. The van der Waals surface area contributed by atoms with Crippen LogP contribution in [0.2, 0.25) is 0 Å². The third kappa shape index (κ3) is 3.80. The van der Waals surface area contributed by atoms with Gasteiger partial charge in [0.15, 0.2) is 0 Å². The molecule has 1 fully saturated rings. The molecule has 1 aliphatic heterocycles. The lowest BCUT2D eigenvalue weighted by Crippen LogP contribution is -2.38. The molecule has 1 aromatic carbocycles. The second kappa shape index (κ2) is 6.85. The highest BCUT2D eigenvalue weighted by molar-refractivity contribution is 5.32. The molecule has 20 heavy (non-hydrogen) atoms. The third-order valence-corrected chi connectivity index (χ3v) is 4.10. The number of likely N-dealkylation sites (N-methyl/N-ethyl adjacent to an activating group) is 2. The Hall–Kier alpha value is -1.41. The topological polar surface area (TPSA) is 50.5 Å². The minimum atomic E-state index is -0.501. The number of likely N-dealkylation sites (tertiary alicyclic amines) is 1. The maximum atomic E-state index is 10.3. The second-order valence-corrected chi connectivity index (χ2v) is 5.75. The van der Waals surface area contributed by atoms with Crippen molar-refractivity contribution >= 4 is 0 Å². The lowest BCUT2D eigenvalue weighted by Gasteiger charge is -2.27. The Labute approximate surface area is 121 Å². The van der Waals surface area contributed by atoms with Crippen molar-refractivity contribution in [2.45, 2.75) is 25.0 Å². The molecule has 0 aromatic heterocycles. The van der Waals surface area contributed by atoms with E-state index in [1.807, 2.05) is 12.1 Å². The van der Waals surface area contributed by atoms with Crippen LogP contribution >= 0.6 is 0 Å². The Kier molecular flexibility index (Phi) is 5.13. The molecule has 0 spiro atoms. The van der Waals surface area contributed by atoms with Crippen LogP contribution in [0.25, 0.3) is 0 Å². The average Bonchev–Trinajstić information content (AvgIpc) is 2.84. The van der Waals surface area contributed by atoms with Crippen LogP contribution < -0.4 is 0 Å². The van der Waals surface area contributed by atoms with Crippen molar-refractivity contribution in [1.29, 1.82) is 5.26 Å². The van der Waals surface area contributed by atoms with E-state index >= 15 is 0 Å². The van der Waals surface area contributed by atoms with E-state index in [1.54, 1.807) is 12.1 Å². The molecule has 0 amide bonds. The molecule has 1 aromatic rings. The number of aliphatic hydroxyl groups excluding tert-OH is 1. The second-order valence-electron chi connectivity index (χ2n) is 5.75. The first-order chi connectivity index (χ1) is 9.60. The van der Waals surface area contributed by atoms with E-state index in [0.717, 1.165) is 12.1 Å². The molecule has 4 nitrogen and oxygen atoms in total. The molecule has 4 heteroatoms. The third-order valence-electron chi connectivity index (χ3n) is 4.10. The zero-order valence-electron chi connectivity index (χ0n) is 12.3. The first kappa shape index (κ1) is 15.0. The lowest BCUT2D eigenvalue weighted by molar-refractivity contribution is 0.113. The number of hydrogen-bond acceptors (Lipinski definition) is 4. The fourth-order valence-electron chi connectivity index (χ4n) is 2.82. The summed E-state index contributed by atoms with van der Waals surface area (Å²) in [7, 11) is 4.22. The standard InChI is InChI=1S/C16H23N3O/c1-18(11-15-4-3-9-19(15)2)12-16(20)14-7-5-13(10-17)6-8-14/h5-8,15-16,20H,3-4,9,11-12H2,1-2H3. The number of hydrogen-bond donors (Lipinski definition) is 1. The number of aliphatic hydroxyl groups is 1. The Balaban J connectivity index is 1.86. The van der Waals surface area contributed by atoms with Crippen molar-refractivity contribution in [2.24, 2.45) is 0 Å². The van der Waals surface area contributed by atoms with Gasteiger partial charge in [0.25, 0.3) is 0 Å². The van der Waals surface area contributed by atoms with Crippen LogP contribution in [0.15, 0.2) is 24.3 Å². The molecule has 1 aliphatic rings. The molecule has 2 atom stereocenters. The van der Waals surface area contributed by atoms with Gasteiger partial charge in [0.05, 0.1) is 17.7 Å². The van der Waals surface area contributed by atoms with Crippen LogP contribution in [0.5, 0.6) is 0 Å². The first-order valence-electron chi connectivity index (χ1n) is 7.17. The molecule has 1 saturated heterocycles. The Bertz CT molecular complexity index is 466. The maximum Gasteiger partial charge on any atom is 0.0991 e. The minimum Gasteiger partial charge on any atom is -0.387 e. The van der Waals surface area contributed by atoms with Crippen molar-refractivity contribution in [1.82, 2.24) is 9.80 Å². The highest BCUT2D eigenvalue weighted by atomic mass is 16.3. The predicted octanol–water partition coefficient (Wildman–Crippen LogP) is 1.62. The summed E-state index contributed by atoms with van der Waals surface area (Å²) in [6.45, 7) is 2.79. The highest BCUT2D eigenvalue weighted by Crippen LogP contribution is 2.18. The van der Waals surface area contributed by atoms with E-state index in [0.29, 0.717) is 18.2 Å². The molecule has 0 bridgehead atoms. The van der Waals surface area contributed by atoms with Gasteiger partial charge in [-0.25, -0.2) is 0 Å². The zero-order chi connectivity index (χ0) is 14.5. The fraction of sp³-hybridized carbons (Fsp3) is 0.562. The Morgan fingerprint density at radius 2 is 2.15 bits per heavy atom. The van der Waals surface area contributed by atoms with Crippen LogP contribution in [0.3, 0.4) is 0 Å². The van der Waals surface area contributed by atoms with Crippen LogP contribution in [0.1, 0.15) is 30.1 Å². The smallest absolute Gasteiger partial charge is 0.0991 e. The summed E-state index contributed by atoms with van der Waals surface area (Å²) in [5.41, 5.74) is 1.50. The van der Waals surface area contributed by atoms with Crippen LogP contribution in [0, 0.1) is 11.3 Å². The molecular weight excluding hydrogens is 250 g/mol. The number of nitriles is 1. The number of rotatable bonds is 5. The summed E-state index contributed by atoms with van der Waals surface area (Å²) in [6, 6.07) is 9.86. The highest BCUT2D eigenvalue weighted by Gasteiger charge is 2.22. The first-order valence-corrected chi connectivity index (χ1v) is 7.17. The summed E-state index contributed by atoms with van der Waals surface area (Å²) in [4.78, 5) is 4.58. The predicted molar refractivity (Wildman–Crippen MR) is 79.3 cm³/mol. The van der Waals surface area contributed by atoms with E-state index < -0.39 is 6.10 Å². The van der Waals surface area contributed by atoms with Gasteiger partial charge >= 0.3 is 0 Å². The number of nitrogens with zero attached hydrogens (tertiary/aromatic N) is 3. The van der Waals surface area contributed by atoms with Gasteiger partial charge in [-0.1, -0.05) is 12.1 Å². The van der Waals surface area contributed by atoms with E-state index in [4.69, 9.17) is 5.26 Å². The normalized spacial score (nSPS) is 21.1. The lowest BCUT2D eigenvalue weighted by atomic mass is 10.1. The fourth-order valence-corrected chi connectivity index (χ4v) is 2.82. The van der Waals surface area contributed by atoms with Gasteiger partial charge in [-0.3, -0.25) is 0 Å². The van der Waals surface area contributed by atoms with Gasteiger partial charge in [0, 0.05) is 19.1 Å². The molecule has 2 rings (SSSR count). The quantitative estimate of drug-likeness (QED) is 0.885. The average molecular weight is 273 g/mol. The summed E-state index contributed by atoms with van der Waals surface area (Å²) in [5.74, 6) is 0. The minimum absolute atomic E-state index is 0.501. The zero-order valence-corrected chi connectivity index (χ0v) is 12.3. The SMILES string of the molecule is CN(CC(O)c1ccc(C#N)cc1)CC1CCCN1C. The van der Waals surface area contributed by atoms with E-state index in [2.05, 4.69) is 30.0 Å². The summed E-state index contributed by atoms with van der Waals surface area (Å²) < 4.78 is 0. The molecule has 1 heterocycles. The van der Waals surface area contributed by atoms with Gasteiger partial charge < -0.3 is 14.9 Å². The molecule has 0 saturated carbocycles. The van der Waals surface area contributed by atoms with Crippen molar-refractivity contribution < 1.29 is 5.11 Å². The van der Waals surface area contributed by atoms with Crippen molar-refractivity contribution in [3.63, 3.8) is 0 Å². The molecular formula is C16H23N3O. The maximum absolute atomic E-state index is 10.3. The van der Waals surface area contributed by atoms with Gasteiger partial charge in [-0.15, -0.1) is 0 Å². The van der Waals surface area contributed by atoms with E-state index in [9.17, 15) is 5.11 Å². The van der Waals surface area contributed by atoms with Crippen molar-refractivity contribution in [2.75, 3.05) is 33.7 Å². The Morgan fingerprint density at radius 1 is 1.45 bits per heavy atom. The molecule has 0 radical (unpaired) electrons. The molecule has 0 aliphatic carbocycles. The summed E-state index contributed by atoms with van der Waals surface area (Å²) in [6.07, 6.45) is 2.01. The van der Waals surface area contributed by atoms with Gasteiger partial charge in [0.2, 0.25) is 0 Å². The largest absolute Gasteiger partial charge is 0.387 e. The molecule has 108 valence electrons. The monoisotopic (exact) mass is 273 g/mol. The van der Waals surface area contributed by atoms with Gasteiger partial charge in [0.1, 0.15) is 0 Å². The number of benzene rings is 1. The summed E-state index contributed by atoms with van der Waals surface area (Å²) >= 11 is 0. The van der Waals surface area contributed by atoms with Gasteiger partial charge in [-0.2, -0.15) is 5.26 Å². The molecule has 2 unspecified atom stereocenters. The van der Waals surface area contributed by atoms with Crippen molar-refractivity contribution in [3.8, 4) is 6.07 Å². The van der Waals surface area contributed by atoms with Crippen LogP contribution in [0.4, 0.5) is 0 Å². The molecule has 1 N–H and O–H groups in total. The van der Waals surface area contributed by atoms with Crippen LogP contribution in [-0.2, 0) is 0 Å². The van der Waals surface area contributed by atoms with Crippen LogP contribution in [-0.4, -0.2) is 54.7 Å². The Morgan fingerprint density at radius 3 is 2.70 bits per heavy atom. The van der Waals surface area contributed by atoms with Gasteiger partial charge in [-0.05, 0) is 51.2 Å². The van der Waals surface area contributed by atoms with E-state index in [-0.39, 0.29) is 0 Å². The van der Waals surface area contributed by atoms with Crippen molar-refractivity contribution in [3.05, 3.63) is 35.4 Å².